The first kappa shape index (κ1) is 13.5. The molecule has 0 radical (unpaired) electrons. The van der Waals surface area contributed by atoms with E-state index in [1.165, 1.54) is 0 Å². The number of benzene rings is 1. The van der Waals surface area contributed by atoms with Crippen molar-refractivity contribution < 1.29 is 20.1 Å². The van der Waals surface area contributed by atoms with Gasteiger partial charge in [-0.05, 0) is 24.0 Å². The number of halogens is 1. The molecule has 1 saturated carbocycles. The predicted octanol–water partition coefficient (Wildman–Crippen LogP) is 1.59. The number of aliphatic hydroxyl groups is 2. The Kier molecular flexibility index (Phi) is 3.75. The van der Waals surface area contributed by atoms with Gasteiger partial charge in [0.25, 0.3) is 0 Å². The first-order valence-corrected chi connectivity index (χ1v) is 6.90. The average Bonchev–Trinajstić information content (AvgIpc) is 3.18. The van der Waals surface area contributed by atoms with E-state index in [9.17, 15) is 20.1 Å². The molecule has 98 valence electrons. The van der Waals surface area contributed by atoms with Gasteiger partial charge < -0.3 is 15.3 Å². The van der Waals surface area contributed by atoms with Gasteiger partial charge in [-0.2, -0.15) is 0 Å². The van der Waals surface area contributed by atoms with Crippen LogP contribution in [-0.2, 0) is 10.2 Å². The molecule has 0 heterocycles. The van der Waals surface area contributed by atoms with E-state index in [4.69, 9.17) is 0 Å². The number of aliphatic carboxylic acids is 1. The van der Waals surface area contributed by atoms with Crippen LogP contribution in [0.2, 0.25) is 0 Å². The highest BCUT2D eigenvalue weighted by atomic mass is 79.9. The van der Waals surface area contributed by atoms with Crippen molar-refractivity contribution in [2.24, 2.45) is 0 Å². The minimum Gasteiger partial charge on any atom is -0.481 e. The molecule has 0 bridgehead atoms. The van der Waals surface area contributed by atoms with Crippen LogP contribution in [0.25, 0.3) is 0 Å². The van der Waals surface area contributed by atoms with Crippen molar-refractivity contribution in [2.45, 2.75) is 30.5 Å². The van der Waals surface area contributed by atoms with Gasteiger partial charge in [0, 0.05) is 5.33 Å². The molecule has 2 atom stereocenters. The Morgan fingerprint density at radius 3 is 2.44 bits per heavy atom. The molecular formula is C13H15BrO4. The molecular weight excluding hydrogens is 300 g/mol. The molecule has 0 spiro atoms. The van der Waals surface area contributed by atoms with Crippen LogP contribution in [-0.4, -0.2) is 32.7 Å². The standard InChI is InChI=1S/C13H15BrO4/c14-7-10(15)11(16)8-3-1-2-4-9(8)13(5-6-13)12(17)18/h1-4,10-11,15-16H,5-7H2,(H,17,18). The Morgan fingerprint density at radius 2 is 1.94 bits per heavy atom. The largest absolute Gasteiger partial charge is 0.481 e. The molecule has 2 rings (SSSR count). The fourth-order valence-electron chi connectivity index (χ4n) is 2.21. The topological polar surface area (TPSA) is 77.8 Å². The van der Waals surface area contributed by atoms with E-state index in [0.717, 1.165) is 0 Å². The van der Waals surface area contributed by atoms with Crippen molar-refractivity contribution >= 4 is 21.9 Å². The van der Waals surface area contributed by atoms with E-state index in [1.807, 2.05) is 0 Å². The van der Waals surface area contributed by atoms with Crippen LogP contribution >= 0.6 is 15.9 Å². The van der Waals surface area contributed by atoms with Crippen LogP contribution in [0.5, 0.6) is 0 Å². The summed E-state index contributed by atoms with van der Waals surface area (Å²) >= 11 is 3.11. The van der Waals surface area contributed by atoms with Gasteiger partial charge in [-0.25, -0.2) is 0 Å². The van der Waals surface area contributed by atoms with E-state index >= 15 is 0 Å². The first-order chi connectivity index (χ1) is 8.53. The van der Waals surface area contributed by atoms with Gasteiger partial charge in [0.05, 0.1) is 11.5 Å². The van der Waals surface area contributed by atoms with Crippen LogP contribution in [0.15, 0.2) is 24.3 Å². The lowest BCUT2D eigenvalue weighted by Crippen LogP contribution is -2.26. The average molecular weight is 315 g/mol. The van der Waals surface area contributed by atoms with Crippen molar-refractivity contribution in [3.05, 3.63) is 35.4 Å². The lowest BCUT2D eigenvalue weighted by molar-refractivity contribution is -0.140. The summed E-state index contributed by atoms with van der Waals surface area (Å²) in [4.78, 5) is 11.3. The minimum atomic E-state index is -1.07. The zero-order valence-electron chi connectivity index (χ0n) is 9.71. The van der Waals surface area contributed by atoms with Crippen LogP contribution in [0.4, 0.5) is 0 Å². The molecule has 0 aliphatic heterocycles. The van der Waals surface area contributed by atoms with Crippen LogP contribution in [0.1, 0.15) is 30.1 Å². The van der Waals surface area contributed by atoms with Crippen LogP contribution in [0.3, 0.4) is 0 Å². The zero-order chi connectivity index (χ0) is 13.3. The summed E-state index contributed by atoms with van der Waals surface area (Å²) in [6.07, 6.45) is -0.861. The normalized spacial score (nSPS) is 20.2. The maximum atomic E-state index is 11.3. The Bertz CT molecular complexity index is 456. The van der Waals surface area contributed by atoms with Crippen molar-refractivity contribution in [1.29, 1.82) is 0 Å². The second-order valence-electron chi connectivity index (χ2n) is 4.64. The van der Waals surface area contributed by atoms with Crippen LogP contribution < -0.4 is 0 Å². The number of carbonyl (C=O) groups is 1. The van der Waals surface area contributed by atoms with E-state index in [-0.39, 0.29) is 5.33 Å². The lowest BCUT2D eigenvalue weighted by atomic mass is 9.88. The van der Waals surface area contributed by atoms with Gasteiger partial charge in [0.2, 0.25) is 0 Å². The van der Waals surface area contributed by atoms with Gasteiger partial charge in [-0.15, -0.1) is 0 Å². The molecule has 1 fully saturated rings. The molecule has 0 saturated heterocycles. The lowest BCUT2D eigenvalue weighted by Gasteiger charge is -2.22. The molecule has 3 N–H and O–H groups in total. The number of carboxylic acids is 1. The van der Waals surface area contributed by atoms with Gasteiger partial charge in [0.15, 0.2) is 0 Å². The second-order valence-corrected chi connectivity index (χ2v) is 5.29. The molecule has 2 unspecified atom stereocenters. The number of hydrogen-bond donors (Lipinski definition) is 3. The molecule has 0 aromatic heterocycles. The quantitative estimate of drug-likeness (QED) is 0.721. The molecule has 4 nitrogen and oxygen atoms in total. The molecule has 1 aliphatic rings. The number of aliphatic hydroxyl groups excluding tert-OH is 2. The summed E-state index contributed by atoms with van der Waals surface area (Å²) in [6.45, 7) is 0. The van der Waals surface area contributed by atoms with E-state index in [1.54, 1.807) is 24.3 Å². The summed E-state index contributed by atoms with van der Waals surface area (Å²) < 4.78 is 0. The summed E-state index contributed by atoms with van der Waals surface area (Å²) in [6, 6.07) is 6.89. The minimum absolute atomic E-state index is 0.239. The Balaban J connectivity index is 2.41. The summed E-state index contributed by atoms with van der Waals surface area (Å²) in [5, 5.41) is 29.3. The number of rotatable bonds is 5. The smallest absolute Gasteiger partial charge is 0.314 e. The highest BCUT2D eigenvalue weighted by molar-refractivity contribution is 9.09. The second kappa shape index (κ2) is 4.99. The van der Waals surface area contributed by atoms with E-state index < -0.39 is 23.6 Å². The predicted molar refractivity (Wildman–Crippen MR) is 69.8 cm³/mol. The Labute approximate surface area is 113 Å². The summed E-state index contributed by atoms with van der Waals surface area (Å²) in [7, 11) is 0. The number of carboxylic acid groups (broad SMARTS) is 1. The van der Waals surface area contributed by atoms with Crippen LogP contribution in [0, 0.1) is 0 Å². The number of hydrogen-bond acceptors (Lipinski definition) is 3. The van der Waals surface area contributed by atoms with Crippen molar-refractivity contribution in [3.63, 3.8) is 0 Å². The Hall–Kier alpha value is -0.910. The van der Waals surface area contributed by atoms with E-state index in [2.05, 4.69) is 15.9 Å². The van der Waals surface area contributed by atoms with Crippen molar-refractivity contribution in [2.75, 3.05) is 5.33 Å². The maximum Gasteiger partial charge on any atom is 0.314 e. The highest BCUT2D eigenvalue weighted by Crippen LogP contribution is 2.50. The molecule has 1 aromatic carbocycles. The zero-order valence-corrected chi connectivity index (χ0v) is 11.3. The van der Waals surface area contributed by atoms with Gasteiger partial charge in [-0.1, -0.05) is 40.2 Å². The fourth-order valence-corrected chi connectivity index (χ4v) is 2.56. The molecule has 1 aliphatic carbocycles. The van der Waals surface area contributed by atoms with Crippen molar-refractivity contribution in [3.8, 4) is 0 Å². The summed E-state index contributed by atoms with van der Waals surface area (Å²) in [5.74, 6) is -0.865. The third kappa shape index (κ3) is 2.18. The number of alkyl halides is 1. The Morgan fingerprint density at radius 1 is 1.33 bits per heavy atom. The monoisotopic (exact) mass is 314 g/mol. The third-order valence-electron chi connectivity index (χ3n) is 3.48. The van der Waals surface area contributed by atoms with Crippen molar-refractivity contribution in [1.82, 2.24) is 0 Å². The van der Waals surface area contributed by atoms with Gasteiger partial charge in [0.1, 0.15) is 6.10 Å². The highest BCUT2D eigenvalue weighted by Gasteiger charge is 2.53. The van der Waals surface area contributed by atoms with Gasteiger partial charge in [-0.3, -0.25) is 4.79 Å². The SMILES string of the molecule is O=C(O)C1(c2ccccc2C(O)C(O)CBr)CC1. The van der Waals surface area contributed by atoms with Gasteiger partial charge >= 0.3 is 5.97 Å². The maximum absolute atomic E-state index is 11.3. The molecule has 0 amide bonds. The third-order valence-corrected chi connectivity index (χ3v) is 4.14. The van der Waals surface area contributed by atoms with E-state index in [0.29, 0.717) is 24.0 Å². The first-order valence-electron chi connectivity index (χ1n) is 5.78. The molecule has 1 aromatic rings. The fraction of sp³-hybridized carbons (Fsp3) is 0.462. The molecule has 18 heavy (non-hydrogen) atoms. The summed E-state index contributed by atoms with van der Waals surface area (Å²) in [5.41, 5.74) is 0.248. The molecule has 5 heteroatoms.